The average molecular weight is 229 g/mol. The molecule has 9 heteroatoms. The highest BCUT2D eigenvalue weighted by molar-refractivity contribution is 7.89. The van der Waals surface area contributed by atoms with Crippen molar-refractivity contribution in [3.8, 4) is 5.88 Å². The van der Waals surface area contributed by atoms with E-state index >= 15 is 0 Å². The van der Waals surface area contributed by atoms with Crippen LogP contribution in [-0.4, -0.2) is 35.1 Å². The zero-order chi connectivity index (χ0) is 11.1. The summed E-state index contributed by atoms with van der Waals surface area (Å²) in [5.74, 6) is 0.425. The molecule has 15 heavy (non-hydrogen) atoms. The monoisotopic (exact) mass is 229 g/mol. The van der Waals surface area contributed by atoms with Gasteiger partial charge in [-0.2, -0.15) is 9.97 Å². The van der Waals surface area contributed by atoms with E-state index in [1.165, 1.54) is 23.9 Å². The van der Waals surface area contributed by atoms with Crippen molar-refractivity contribution in [1.29, 1.82) is 0 Å². The van der Waals surface area contributed by atoms with Crippen LogP contribution in [0.25, 0.3) is 5.78 Å². The Morgan fingerprint density at radius 1 is 1.47 bits per heavy atom. The van der Waals surface area contributed by atoms with Crippen molar-refractivity contribution in [2.75, 3.05) is 7.11 Å². The van der Waals surface area contributed by atoms with Crippen LogP contribution in [0.3, 0.4) is 0 Å². The number of nitrogens with zero attached hydrogens (tertiary/aromatic N) is 4. The number of hydrogen-bond donors (Lipinski definition) is 1. The number of rotatable bonds is 2. The van der Waals surface area contributed by atoms with Crippen molar-refractivity contribution in [1.82, 2.24) is 19.6 Å². The molecular weight excluding hydrogens is 222 g/mol. The minimum Gasteiger partial charge on any atom is -0.481 e. The Balaban J connectivity index is 2.66. The molecule has 80 valence electrons. The minimum absolute atomic E-state index is 0.110. The lowest BCUT2D eigenvalue weighted by Gasteiger charge is -1.95. The topological polar surface area (TPSA) is 112 Å². The molecule has 2 N–H and O–H groups in total. The molecule has 2 heterocycles. The number of aromatic nitrogens is 4. The Bertz CT molecular complexity index is 604. The summed E-state index contributed by atoms with van der Waals surface area (Å²) >= 11 is 0. The standard InChI is InChI=1S/C6H7N5O3S/c1-14-4-2-3-11-5(8-4)9-6(10-11)15(7,12)13/h2-3H,1H3,(H2,7,12,13). The maximum Gasteiger partial charge on any atom is 0.284 e. The lowest BCUT2D eigenvalue weighted by molar-refractivity contribution is 0.397. The van der Waals surface area contributed by atoms with Gasteiger partial charge in [0.2, 0.25) is 5.88 Å². The summed E-state index contributed by atoms with van der Waals surface area (Å²) in [5.41, 5.74) is 0. The first kappa shape index (κ1) is 9.80. The first-order valence-electron chi connectivity index (χ1n) is 3.81. The third-order valence-corrected chi connectivity index (χ3v) is 2.31. The third-order valence-electron chi connectivity index (χ3n) is 1.63. The van der Waals surface area contributed by atoms with Crippen LogP contribution in [0.2, 0.25) is 0 Å². The van der Waals surface area contributed by atoms with Gasteiger partial charge in [0.15, 0.2) is 0 Å². The maximum atomic E-state index is 10.9. The van der Waals surface area contributed by atoms with E-state index in [-0.39, 0.29) is 5.78 Å². The van der Waals surface area contributed by atoms with Crippen molar-refractivity contribution in [3.05, 3.63) is 12.3 Å². The van der Waals surface area contributed by atoms with Crippen LogP contribution < -0.4 is 9.88 Å². The third kappa shape index (κ3) is 1.74. The van der Waals surface area contributed by atoms with Gasteiger partial charge in [-0.1, -0.05) is 0 Å². The first-order chi connectivity index (χ1) is 7.00. The highest BCUT2D eigenvalue weighted by Gasteiger charge is 2.15. The molecule has 0 saturated heterocycles. The maximum absolute atomic E-state index is 10.9. The Kier molecular flexibility index (Phi) is 2.05. The summed E-state index contributed by atoms with van der Waals surface area (Å²) in [6, 6.07) is 1.52. The lowest BCUT2D eigenvalue weighted by atomic mass is 10.6. The van der Waals surface area contributed by atoms with Gasteiger partial charge in [-0.25, -0.2) is 18.1 Å². The molecular formula is C6H7N5O3S. The Morgan fingerprint density at radius 2 is 2.20 bits per heavy atom. The first-order valence-corrected chi connectivity index (χ1v) is 5.35. The molecule has 0 bridgehead atoms. The summed E-state index contributed by atoms with van der Waals surface area (Å²) in [6.45, 7) is 0. The number of methoxy groups -OCH3 is 1. The van der Waals surface area contributed by atoms with Gasteiger partial charge < -0.3 is 4.74 Å². The molecule has 0 unspecified atom stereocenters. The number of ether oxygens (including phenoxy) is 1. The van der Waals surface area contributed by atoms with Crippen molar-refractivity contribution < 1.29 is 13.2 Å². The van der Waals surface area contributed by atoms with Crippen LogP contribution >= 0.6 is 0 Å². The van der Waals surface area contributed by atoms with Gasteiger partial charge in [0, 0.05) is 12.3 Å². The summed E-state index contributed by atoms with van der Waals surface area (Å²) in [5, 5.41) is 8.03. The van der Waals surface area contributed by atoms with Crippen LogP contribution in [0, 0.1) is 0 Å². The quantitative estimate of drug-likeness (QED) is 0.690. The average Bonchev–Trinajstić information content (AvgIpc) is 2.59. The number of sulfonamides is 1. The van der Waals surface area contributed by atoms with Gasteiger partial charge in [-0.3, -0.25) is 0 Å². The van der Waals surface area contributed by atoms with E-state index < -0.39 is 15.2 Å². The van der Waals surface area contributed by atoms with Crippen LogP contribution in [0.1, 0.15) is 0 Å². The molecule has 0 aliphatic carbocycles. The van der Waals surface area contributed by atoms with Crippen LogP contribution in [0.4, 0.5) is 0 Å². The van der Waals surface area contributed by atoms with Crippen molar-refractivity contribution >= 4 is 15.8 Å². The zero-order valence-corrected chi connectivity index (χ0v) is 8.47. The van der Waals surface area contributed by atoms with E-state index in [2.05, 4.69) is 15.1 Å². The Morgan fingerprint density at radius 3 is 2.80 bits per heavy atom. The van der Waals surface area contributed by atoms with Gasteiger partial charge in [-0.05, 0) is 0 Å². The van der Waals surface area contributed by atoms with Crippen molar-refractivity contribution in [2.45, 2.75) is 5.16 Å². The molecule has 0 amide bonds. The Labute approximate surface area is 84.8 Å². The van der Waals surface area contributed by atoms with E-state index in [1.807, 2.05) is 0 Å². The second kappa shape index (κ2) is 3.14. The smallest absolute Gasteiger partial charge is 0.284 e. The molecule has 0 atom stereocenters. The summed E-state index contributed by atoms with van der Waals surface area (Å²) < 4.78 is 27.9. The molecule has 0 aliphatic heterocycles. The largest absolute Gasteiger partial charge is 0.481 e. The van der Waals surface area contributed by atoms with Gasteiger partial charge >= 0.3 is 0 Å². The summed E-state index contributed by atoms with van der Waals surface area (Å²) in [4.78, 5) is 7.52. The highest BCUT2D eigenvalue weighted by atomic mass is 32.2. The second-order valence-corrected chi connectivity index (χ2v) is 4.11. The number of fused-ring (bicyclic) bond motifs is 1. The van der Waals surface area contributed by atoms with E-state index in [0.717, 1.165) is 0 Å². The molecule has 0 spiro atoms. The summed E-state index contributed by atoms with van der Waals surface area (Å²) in [7, 11) is -2.47. The van der Waals surface area contributed by atoms with Crippen molar-refractivity contribution in [3.63, 3.8) is 0 Å². The minimum atomic E-state index is -3.91. The lowest BCUT2D eigenvalue weighted by Crippen LogP contribution is -2.14. The fourth-order valence-electron chi connectivity index (χ4n) is 0.977. The normalized spacial score (nSPS) is 11.9. The number of primary sulfonamides is 1. The van der Waals surface area contributed by atoms with Crippen LogP contribution in [0.5, 0.6) is 5.88 Å². The number of nitrogens with two attached hydrogens (primary N) is 1. The molecule has 0 fully saturated rings. The SMILES string of the molecule is COc1ccn2nc(S(N)(=O)=O)nc2n1. The van der Waals surface area contributed by atoms with E-state index in [4.69, 9.17) is 9.88 Å². The van der Waals surface area contributed by atoms with Crippen molar-refractivity contribution in [2.24, 2.45) is 5.14 Å². The molecule has 2 aromatic heterocycles. The molecule has 2 aromatic rings. The van der Waals surface area contributed by atoms with Gasteiger partial charge in [0.05, 0.1) is 7.11 Å². The van der Waals surface area contributed by atoms with Gasteiger partial charge in [0.25, 0.3) is 21.0 Å². The fourth-order valence-corrected chi connectivity index (χ4v) is 1.39. The molecule has 8 nitrogen and oxygen atoms in total. The van der Waals surface area contributed by atoms with Gasteiger partial charge in [0.1, 0.15) is 0 Å². The van der Waals surface area contributed by atoms with Crippen LogP contribution in [-0.2, 0) is 10.0 Å². The molecule has 2 rings (SSSR count). The zero-order valence-electron chi connectivity index (χ0n) is 7.65. The fraction of sp³-hybridized carbons (Fsp3) is 0.167. The second-order valence-electron chi connectivity index (χ2n) is 2.65. The Hall–Kier alpha value is -1.74. The highest BCUT2D eigenvalue weighted by Crippen LogP contribution is 2.08. The van der Waals surface area contributed by atoms with Gasteiger partial charge in [-0.15, -0.1) is 5.10 Å². The molecule has 0 aromatic carbocycles. The molecule has 0 aliphatic rings. The summed E-state index contributed by atoms with van der Waals surface area (Å²) in [6.07, 6.45) is 1.48. The predicted molar refractivity (Wildman–Crippen MR) is 48.7 cm³/mol. The van der Waals surface area contributed by atoms with E-state index in [9.17, 15) is 8.42 Å². The van der Waals surface area contributed by atoms with E-state index in [0.29, 0.717) is 5.88 Å². The molecule has 0 saturated carbocycles. The molecule has 0 radical (unpaired) electrons. The predicted octanol–water partition coefficient (Wildman–Crippen LogP) is -1.22. The van der Waals surface area contributed by atoms with Crippen LogP contribution in [0.15, 0.2) is 17.4 Å². The van der Waals surface area contributed by atoms with E-state index in [1.54, 1.807) is 0 Å². The number of hydrogen-bond acceptors (Lipinski definition) is 6.